The van der Waals surface area contributed by atoms with Crippen molar-refractivity contribution in [3.8, 4) is 0 Å². The normalized spacial score (nSPS) is 9.86. The van der Waals surface area contributed by atoms with Crippen molar-refractivity contribution >= 4 is 6.41 Å². The first-order chi connectivity index (χ1) is 10.4. The lowest BCUT2D eigenvalue weighted by atomic mass is 10.6. The van der Waals surface area contributed by atoms with Crippen molar-refractivity contribution in [3.05, 3.63) is 0 Å². The van der Waals surface area contributed by atoms with Gasteiger partial charge in [-0.2, -0.15) is 0 Å². The summed E-state index contributed by atoms with van der Waals surface area (Å²) in [6.45, 7) is 9.93. The van der Waals surface area contributed by atoms with Crippen LogP contribution in [0.2, 0.25) is 0 Å². The highest BCUT2D eigenvalue weighted by Gasteiger charge is 1.92. The minimum Gasteiger partial charge on any atom is -0.378 e. The predicted molar refractivity (Wildman–Crippen MR) is 82.6 cm³/mol. The van der Waals surface area contributed by atoms with Gasteiger partial charge in [-0.05, 0) is 7.05 Å². The minimum atomic E-state index is 0.503. The molecule has 0 aromatic heterocycles. The fourth-order valence-corrected chi connectivity index (χ4v) is 1.13. The van der Waals surface area contributed by atoms with Crippen LogP contribution in [0.3, 0.4) is 0 Å². The van der Waals surface area contributed by atoms with Crippen molar-refractivity contribution in [2.24, 2.45) is 0 Å². The van der Waals surface area contributed by atoms with Gasteiger partial charge in [0.2, 0.25) is 6.41 Å². The highest BCUT2D eigenvalue weighted by atomic mass is 16.6. The van der Waals surface area contributed by atoms with Gasteiger partial charge in [0.05, 0.1) is 52.9 Å². The Balaban J connectivity index is 0. The quantitative estimate of drug-likeness (QED) is 0.310. The van der Waals surface area contributed by atoms with Gasteiger partial charge in [0.1, 0.15) is 0 Å². The number of nitrogens with one attached hydrogen (secondary N) is 2. The van der Waals surface area contributed by atoms with Crippen molar-refractivity contribution in [1.82, 2.24) is 10.6 Å². The molecule has 0 fully saturated rings. The molecule has 0 unspecified atom stereocenters. The number of amides is 1. The van der Waals surface area contributed by atoms with Crippen LogP contribution in [0.15, 0.2) is 0 Å². The Morgan fingerprint density at radius 3 is 1.48 bits per heavy atom. The lowest BCUT2D eigenvalue weighted by Gasteiger charge is -2.07. The largest absolute Gasteiger partial charge is 0.378 e. The van der Waals surface area contributed by atoms with Crippen LogP contribution in [0.1, 0.15) is 13.8 Å². The van der Waals surface area contributed by atoms with Crippen molar-refractivity contribution in [2.45, 2.75) is 13.8 Å². The fourth-order valence-electron chi connectivity index (χ4n) is 1.13. The maximum atomic E-state index is 9.92. The topological polar surface area (TPSA) is 78.1 Å². The number of carbonyl (C=O) groups is 1. The van der Waals surface area contributed by atoms with E-state index in [1.165, 1.54) is 0 Å². The molecule has 21 heavy (non-hydrogen) atoms. The van der Waals surface area contributed by atoms with Gasteiger partial charge in [-0.3, -0.25) is 4.79 Å². The molecule has 0 spiro atoms. The third kappa shape index (κ3) is 24.6. The van der Waals surface area contributed by atoms with Crippen LogP contribution >= 0.6 is 0 Å². The molecule has 0 aliphatic rings. The summed E-state index contributed by atoms with van der Waals surface area (Å²) in [5.74, 6) is 0. The zero-order chi connectivity index (χ0) is 16.0. The zero-order valence-corrected chi connectivity index (χ0v) is 13.7. The summed E-state index contributed by atoms with van der Waals surface area (Å²) in [4.78, 5) is 9.92. The molecule has 128 valence electrons. The van der Waals surface area contributed by atoms with Gasteiger partial charge < -0.3 is 29.6 Å². The first kappa shape index (κ1) is 22.5. The van der Waals surface area contributed by atoms with E-state index in [1.54, 1.807) is 0 Å². The number of likely N-dealkylation sites (N-methyl/N-ethyl adjacent to an activating group) is 1. The minimum absolute atomic E-state index is 0.503. The van der Waals surface area contributed by atoms with Gasteiger partial charge in [-0.25, -0.2) is 0 Å². The summed E-state index contributed by atoms with van der Waals surface area (Å²) in [6, 6.07) is 0. The molecular formula is C14H32N2O5. The van der Waals surface area contributed by atoms with Crippen molar-refractivity contribution in [1.29, 1.82) is 0 Å². The molecule has 0 aliphatic carbocycles. The Bertz CT molecular complexity index is 185. The van der Waals surface area contributed by atoms with Crippen LogP contribution < -0.4 is 10.6 Å². The maximum Gasteiger partial charge on any atom is 0.207 e. The highest BCUT2D eigenvalue weighted by Crippen LogP contribution is 1.82. The summed E-state index contributed by atoms with van der Waals surface area (Å²) in [6.07, 6.45) is 0.652. The number of carbonyl (C=O) groups excluding carboxylic acids is 1. The molecule has 0 aromatic rings. The van der Waals surface area contributed by atoms with E-state index < -0.39 is 0 Å². The lowest BCUT2D eigenvalue weighted by Crippen LogP contribution is -2.19. The molecule has 0 atom stereocenters. The SMILES string of the molecule is CC.CNCCOCCOCCOCCOCCNC=O. The summed E-state index contributed by atoms with van der Waals surface area (Å²) >= 11 is 0. The summed E-state index contributed by atoms with van der Waals surface area (Å²) < 4.78 is 21.1. The van der Waals surface area contributed by atoms with E-state index >= 15 is 0 Å². The van der Waals surface area contributed by atoms with Crippen molar-refractivity contribution in [2.75, 3.05) is 73.0 Å². The van der Waals surface area contributed by atoms with E-state index in [-0.39, 0.29) is 0 Å². The fraction of sp³-hybridized carbons (Fsp3) is 0.929. The Kier molecular flexibility index (Phi) is 26.1. The number of ether oxygens (including phenoxy) is 4. The molecule has 2 N–H and O–H groups in total. The van der Waals surface area contributed by atoms with E-state index in [9.17, 15) is 4.79 Å². The number of hydrogen-bond acceptors (Lipinski definition) is 6. The smallest absolute Gasteiger partial charge is 0.207 e. The number of hydrogen-bond donors (Lipinski definition) is 2. The third-order valence-corrected chi connectivity index (χ3v) is 2.09. The third-order valence-electron chi connectivity index (χ3n) is 2.09. The van der Waals surface area contributed by atoms with Crippen LogP contribution in [0.25, 0.3) is 0 Å². The second-order valence-corrected chi connectivity index (χ2v) is 3.63. The molecule has 0 aromatic carbocycles. The van der Waals surface area contributed by atoms with Crippen molar-refractivity contribution < 1.29 is 23.7 Å². The molecule has 0 rings (SSSR count). The zero-order valence-electron chi connectivity index (χ0n) is 13.7. The summed E-state index contributed by atoms with van der Waals surface area (Å²) in [5, 5.41) is 5.51. The second-order valence-electron chi connectivity index (χ2n) is 3.63. The average Bonchev–Trinajstić information content (AvgIpc) is 2.53. The molecule has 7 heteroatoms. The van der Waals surface area contributed by atoms with Crippen LogP contribution in [0.5, 0.6) is 0 Å². The number of rotatable bonds is 16. The monoisotopic (exact) mass is 308 g/mol. The van der Waals surface area contributed by atoms with E-state index in [0.29, 0.717) is 65.8 Å². The molecular weight excluding hydrogens is 276 g/mol. The van der Waals surface area contributed by atoms with Crippen LogP contribution in [0.4, 0.5) is 0 Å². The predicted octanol–water partition coefficient (Wildman–Crippen LogP) is 0.0444. The molecule has 0 bridgehead atoms. The van der Waals surface area contributed by atoms with Gasteiger partial charge in [0.15, 0.2) is 0 Å². The summed E-state index contributed by atoms with van der Waals surface area (Å²) in [7, 11) is 1.89. The Morgan fingerprint density at radius 2 is 1.10 bits per heavy atom. The Morgan fingerprint density at radius 1 is 0.714 bits per heavy atom. The van der Waals surface area contributed by atoms with E-state index in [0.717, 1.165) is 6.54 Å². The van der Waals surface area contributed by atoms with Crippen molar-refractivity contribution in [3.63, 3.8) is 0 Å². The molecule has 0 aliphatic heterocycles. The Labute approximate surface area is 128 Å². The molecule has 7 nitrogen and oxygen atoms in total. The van der Waals surface area contributed by atoms with Gasteiger partial charge in [-0.1, -0.05) is 13.8 Å². The molecule has 0 saturated carbocycles. The van der Waals surface area contributed by atoms with E-state index in [1.807, 2.05) is 20.9 Å². The van der Waals surface area contributed by atoms with E-state index in [2.05, 4.69) is 10.6 Å². The summed E-state index contributed by atoms with van der Waals surface area (Å²) in [5.41, 5.74) is 0. The molecule has 0 heterocycles. The van der Waals surface area contributed by atoms with E-state index in [4.69, 9.17) is 18.9 Å². The lowest BCUT2D eigenvalue weighted by molar-refractivity contribution is -0.109. The first-order valence-electron chi connectivity index (χ1n) is 7.54. The average molecular weight is 308 g/mol. The highest BCUT2D eigenvalue weighted by molar-refractivity contribution is 5.45. The van der Waals surface area contributed by atoms with Gasteiger partial charge in [0.25, 0.3) is 0 Å². The van der Waals surface area contributed by atoms with Gasteiger partial charge >= 0.3 is 0 Å². The maximum absolute atomic E-state index is 9.92. The van der Waals surface area contributed by atoms with Crippen LogP contribution in [0, 0.1) is 0 Å². The first-order valence-corrected chi connectivity index (χ1v) is 7.54. The second kappa shape index (κ2) is 24.3. The van der Waals surface area contributed by atoms with Crippen LogP contribution in [-0.4, -0.2) is 79.4 Å². The van der Waals surface area contributed by atoms with Gasteiger partial charge in [-0.15, -0.1) is 0 Å². The van der Waals surface area contributed by atoms with Crippen LogP contribution in [-0.2, 0) is 23.7 Å². The Hall–Kier alpha value is -0.730. The van der Waals surface area contributed by atoms with Gasteiger partial charge in [0, 0.05) is 13.1 Å². The molecule has 0 radical (unpaired) electrons. The molecule has 0 saturated heterocycles. The molecule has 1 amide bonds. The standard InChI is InChI=1S/C12H26N2O5.C2H6/c1-13-2-4-16-6-8-18-10-11-19-9-7-17-5-3-14-12-15;1-2/h12-13H,2-11H2,1H3,(H,14,15);1-2H3.